The lowest BCUT2D eigenvalue weighted by Gasteiger charge is -2.36. The average Bonchev–Trinajstić information content (AvgIpc) is 2.82. The molecule has 0 saturated heterocycles. The molecule has 0 atom stereocenters. The third kappa shape index (κ3) is 2.72. The minimum Gasteiger partial charge on any atom is -0.367 e. The molecule has 1 saturated carbocycles. The van der Waals surface area contributed by atoms with E-state index in [0.29, 0.717) is 13.2 Å². The molecule has 5 nitrogen and oxygen atoms in total. The Labute approximate surface area is 109 Å². The minimum absolute atomic E-state index is 0.273. The summed E-state index contributed by atoms with van der Waals surface area (Å²) in [6.45, 7) is 5.63. The number of aromatic nitrogens is 3. The number of rotatable bonds is 5. The second-order valence-corrected chi connectivity index (χ2v) is 5.25. The number of ether oxygens (including phenoxy) is 1. The van der Waals surface area contributed by atoms with Crippen molar-refractivity contribution in [3.63, 3.8) is 0 Å². The van der Waals surface area contributed by atoms with Gasteiger partial charge in [0.15, 0.2) is 5.82 Å². The van der Waals surface area contributed by atoms with E-state index in [1.54, 1.807) is 0 Å². The molecule has 5 heteroatoms. The topological polar surface area (TPSA) is 76.8 Å². The van der Waals surface area contributed by atoms with Gasteiger partial charge < -0.3 is 10.5 Å². The van der Waals surface area contributed by atoms with E-state index in [9.17, 15) is 0 Å². The van der Waals surface area contributed by atoms with Crippen molar-refractivity contribution in [2.24, 2.45) is 11.7 Å². The van der Waals surface area contributed by atoms with Crippen molar-refractivity contribution in [2.45, 2.75) is 51.6 Å². The first-order valence-corrected chi connectivity index (χ1v) is 6.96. The molecule has 0 aromatic carbocycles. The van der Waals surface area contributed by atoms with Crippen molar-refractivity contribution in [3.8, 4) is 0 Å². The maximum Gasteiger partial charge on any atom is 0.182 e. The minimum atomic E-state index is -0.273. The van der Waals surface area contributed by atoms with Crippen LogP contribution in [0.15, 0.2) is 0 Å². The van der Waals surface area contributed by atoms with Gasteiger partial charge in [0, 0.05) is 13.0 Å². The summed E-state index contributed by atoms with van der Waals surface area (Å²) in [6.07, 6.45) is 5.14. The van der Waals surface area contributed by atoms with Crippen LogP contribution in [0.4, 0.5) is 0 Å². The van der Waals surface area contributed by atoms with Crippen LogP contribution in [0.1, 0.15) is 51.2 Å². The van der Waals surface area contributed by atoms with Gasteiger partial charge in [0.1, 0.15) is 11.4 Å². The van der Waals surface area contributed by atoms with Gasteiger partial charge in [0.25, 0.3) is 0 Å². The van der Waals surface area contributed by atoms with E-state index in [0.717, 1.165) is 36.8 Å². The van der Waals surface area contributed by atoms with Crippen LogP contribution in [-0.4, -0.2) is 28.3 Å². The first kappa shape index (κ1) is 13.5. The highest BCUT2D eigenvalue weighted by Crippen LogP contribution is 2.40. The van der Waals surface area contributed by atoms with Gasteiger partial charge in [-0.25, -0.2) is 4.98 Å². The molecular formula is C13H24N4O. The lowest BCUT2D eigenvalue weighted by molar-refractivity contribution is -0.0835. The van der Waals surface area contributed by atoms with Crippen LogP contribution in [0.5, 0.6) is 0 Å². The molecule has 1 fully saturated rings. The smallest absolute Gasteiger partial charge is 0.182 e. The lowest BCUT2D eigenvalue weighted by Crippen LogP contribution is -2.35. The monoisotopic (exact) mass is 252 g/mol. The van der Waals surface area contributed by atoms with E-state index in [4.69, 9.17) is 10.5 Å². The van der Waals surface area contributed by atoms with E-state index in [1.807, 2.05) is 6.92 Å². The Morgan fingerprint density at radius 1 is 1.44 bits per heavy atom. The molecule has 1 aliphatic rings. The summed E-state index contributed by atoms with van der Waals surface area (Å²) in [5.74, 6) is 2.46. The molecular weight excluding hydrogens is 228 g/mol. The van der Waals surface area contributed by atoms with Crippen molar-refractivity contribution in [1.29, 1.82) is 0 Å². The maximum absolute atomic E-state index is 6.02. The molecule has 0 bridgehead atoms. The maximum atomic E-state index is 6.02. The van der Waals surface area contributed by atoms with Crippen molar-refractivity contribution >= 4 is 0 Å². The fourth-order valence-electron chi connectivity index (χ4n) is 2.68. The summed E-state index contributed by atoms with van der Waals surface area (Å²) in [6, 6.07) is 0. The highest BCUT2D eigenvalue weighted by molar-refractivity contribution is 5.05. The Kier molecular flexibility index (Phi) is 4.35. The average molecular weight is 252 g/mol. The summed E-state index contributed by atoms with van der Waals surface area (Å²) >= 11 is 0. The Morgan fingerprint density at radius 3 is 2.78 bits per heavy atom. The van der Waals surface area contributed by atoms with Gasteiger partial charge in [0.05, 0.1) is 0 Å². The number of hydrogen-bond donors (Lipinski definition) is 2. The summed E-state index contributed by atoms with van der Waals surface area (Å²) < 4.78 is 6.02. The van der Waals surface area contributed by atoms with Crippen molar-refractivity contribution < 1.29 is 4.74 Å². The van der Waals surface area contributed by atoms with E-state index in [1.165, 1.54) is 12.8 Å². The van der Waals surface area contributed by atoms with E-state index in [-0.39, 0.29) is 5.60 Å². The Morgan fingerprint density at radius 2 is 2.17 bits per heavy atom. The van der Waals surface area contributed by atoms with Crippen LogP contribution < -0.4 is 5.73 Å². The third-order valence-electron chi connectivity index (χ3n) is 3.82. The number of nitrogens with one attached hydrogen (secondary N) is 1. The normalized spacial score (nSPS) is 28.5. The highest BCUT2D eigenvalue weighted by Gasteiger charge is 2.40. The molecule has 2 rings (SSSR count). The third-order valence-corrected chi connectivity index (χ3v) is 3.82. The van der Waals surface area contributed by atoms with Crippen LogP contribution in [0.3, 0.4) is 0 Å². The van der Waals surface area contributed by atoms with Gasteiger partial charge in [-0.3, -0.25) is 5.10 Å². The molecule has 1 aliphatic carbocycles. The lowest BCUT2D eigenvalue weighted by atomic mass is 9.79. The Bertz CT molecular complexity index is 369. The molecule has 0 spiro atoms. The van der Waals surface area contributed by atoms with E-state index < -0.39 is 0 Å². The molecule has 0 aliphatic heterocycles. The second kappa shape index (κ2) is 5.80. The highest BCUT2D eigenvalue weighted by atomic mass is 16.5. The van der Waals surface area contributed by atoms with Crippen molar-refractivity contribution in [1.82, 2.24) is 15.2 Å². The predicted octanol–water partition coefficient (Wildman–Crippen LogP) is 1.75. The summed E-state index contributed by atoms with van der Waals surface area (Å²) in [4.78, 5) is 4.57. The SMILES string of the molecule is CCOC1(c2n[nH]c(CCN)n2)CCC(C)CC1. The molecule has 3 N–H and O–H groups in total. The molecule has 0 unspecified atom stereocenters. The fourth-order valence-corrected chi connectivity index (χ4v) is 2.68. The number of nitrogens with zero attached hydrogens (tertiary/aromatic N) is 2. The van der Waals surface area contributed by atoms with Crippen molar-refractivity contribution in [3.05, 3.63) is 11.6 Å². The van der Waals surface area contributed by atoms with Gasteiger partial charge in [-0.15, -0.1) is 0 Å². The fraction of sp³-hybridized carbons (Fsp3) is 0.846. The molecule has 0 amide bonds. The standard InChI is InChI=1S/C13H24N4O/c1-3-18-13(7-4-10(2)5-8-13)12-15-11(6-9-14)16-17-12/h10H,3-9,14H2,1-2H3,(H,15,16,17). The largest absolute Gasteiger partial charge is 0.367 e. The van der Waals surface area contributed by atoms with Crippen LogP contribution in [0, 0.1) is 5.92 Å². The number of aromatic amines is 1. The first-order valence-electron chi connectivity index (χ1n) is 6.96. The zero-order valence-corrected chi connectivity index (χ0v) is 11.4. The molecule has 0 radical (unpaired) electrons. The number of hydrogen-bond acceptors (Lipinski definition) is 4. The van der Waals surface area contributed by atoms with E-state index in [2.05, 4.69) is 22.1 Å². The van der Waals surface area contributed by atoms with Gasteiger partial charge in [0.2, 0.25) is 0 Å². The van der Waals surface area contributed by atoms with Gasteiger partial charge in [-0.1, -0.05) is 6.92 Å². The summed E-state index contributed by atoms with van der Waals surface area (Å²) in [5.41, 5.74) is 5.27. The number of H-pyrrole nitrogens is 1. The zero-order chi connectivity index (χ0) is 13.0. The molecule has 1 aromatic rings. The van der Waals surface area contributed by atoms with Gasteiger partial charge in [-0.2, -0.15) is 5.10 Å². The predicted molar refractivity (Wildman–Crippen MR) is 70.1 cm³/mol. The van der Waals surface area contributed by atoms with Crippen LogP contribution in [-0.2, 0) is 16.8 Å². The van der Waals surface area contributed by atoms with Gasteiger partial charge in [-0.05, 0) is 45.1 Å². The second-order valence-electron chi connectivity index (χ2n) is 5.25. The molecule has 1 aromatic heterocycles. The van der Waals surface area contributed by atoms with Crippen molar-refractivity contribution in [2.75, 3.05) is 13.2 Å². The molecule has 102 valence electrons. The molecule has 18 heavy (non-hydrogen) atoms. The molecule has 1 heterocycles. The first-order chi connectivity index (χ1) is 8.70. The van der Waals surface area contributed by atoms with Crippen LogP contribution in [0.25, 0.3) is 0 Å². The van der Waals surface area contributed by atoms with Crippen LogP contribution in [0.2, 0.25) is 0 Å². The Hall–Kier alpha value is -0.940. The van der Waals surface area contributed by atoms with E-state index >= 15 is 0 Å². The van der Waals surface area contributed by atoms with Gasteiger partial charge >= 0.3 is 0 Å². The summed E-state index contributed by atoms with van der Waals surface area (Å²) in [5, 5.41) is 7.33. The zero-order valence-electron chi connectivity index (χ0n) is 11.4. The number of nitrogens with two attached hydrogens (primary N) is 1. The quantitative estimate of drug-likeness (QED) is 0.837. The van der Waals surface area contributed by atoms with Crippen LogP contribution >= 0.6 is 0 Å². The summed E-state index contributed by atoms with van der Waals surface area (Å²) in [7, 11) is 0. The Balaban J connectivity index is 2.17.